The maximum absolute atomic E-state index is 12.0. The Hall–Kier alpha value is -2.03. The van der Waals surface area contributed by atoms with Gasteiger partial charge in [-0.15, -0.1) is 23.1 Å². The van der Waals surface area contributed by atoms with Crippen molar-refractivity contribution < 1.29 is 19.1 Å². The van der Waals surface area contributed by atoms with Gasteiger partial charge in [0.2, 0.25) is 0 Å². The second-order valence-electron chi connectivity index (χ2n) is 4.40. The molecule has 0 saturated heterocycles. The van der Waals surface area contributed by atoms with Crippen LogP contribution in [0.3, 0.4) is 0 Å². The van der Waals surface area contributed by atoms with E-state index in [2.05, 4.69) is 10.9 Å². The number of nitrogens with one attached hydrogen (secondary N) is 2. The van der Waals surface area contributed by atoms with Crippen molar-refractivity contribution in [1.29, 1.82) is 0 Å². The van der Waals surface area contributed by atoms with Crippen LogP contribution in [0.2, 0.25) is 5.02 Å². The van der Waals surface area contributed by atoms with Gasteiger partial charge in [0.15, 0.2) is 6.61 Å². The summed E-state index contributed by atoms with van der Waals surface area (Å²) in [4.78, 5) is 36.5. The van der Waals surface area contributed by atoms with Crippen LogP contribution in [-0.4, -0.2) is 30.6 Å². The van der Waals surface area contributed by atoms with Gasteiger partial charge in [-0.3, -0.25) is 20.4 Å². The fraction of sp³-hybridized carbons (Fsp3) is 0.133. The number of hydrazine groups is 1. The zero-order valence-electron chi connectivity index (χ0n) is 12.5. The summed E-state index contributed by atoms with van der Waals surface area (Å²) in [5.74, 6) is -1.82. The number of thioether (sulfide) groups is 1. The number of hydrogen-bond acceptors (Lipinski definition) is 6. The molecule has 6 nitrogen and oxygen atoms in total. The zero-order valence-corrected chi connectivity index (χ0v) is 14.9. The number of esters is 1. The third-order valence-electron chi connectivity index (χ3n) is 2.79. The first-order valence-electron chi connectivity index (χ1n) is 6.64. The molecule has 0 unspecified atom stereocenters. The van der Waals surface area contributed by atoms with Crippen molar-refractivity contribution in [1.82, 2.24) is 10.9 Å². The van der Waals surface area contributed by atoms with Gasteiger partial charge in [-0.05, 0) is 35.9 Å². The van der Waals surface area contributed by atoms with Crippen LogP contribution in [0.1, 0.15) is 20.0 Å². The SMILES string of the molecule is CSc1ccc(Cl)c(C(=O)OCC(=O)NNC(=O)c2cccs2)c1. The van der Waals surface area contributed by atoms with Crippen LogP contribution in [0.25, 0.3) is 0 Å². The van der Waals surface area contributed by atoms with E-state index in [1.165, 1.54) is 23.1 Å². The van der Waals surface area contributed by atoms with Crippen LogP contribution in [0.15, 0.2) is 40.6 Å². The minimum atomic E-state index is -0.712. The van der Waals surface area contributed by atoms with Crippen molar-refractivity contribution in [2.45, 2.75) is 4.90 Å². The van der Waals surface area contributed by atoms with Crippen LogP contribution in [0.5, 0.6) is 0 Å². The maximum Gasteiger partial charge on any atom is 0.340 e. The first-order chi connectivity index (χ1) is 11.5. The summed E-state index contributed by atoms with van der Waals surface area (Å²) in [6, 6.07) is 8.29. The lowest BCUT2D eigenvalue weighted by molar-refractivity contribution is -0.125. The first kappa shape index (κ1) is 18.3. The molecule has 2 rings (SSSR count). The molecule has 0 fully saturated rings. The van der Waals surface area contributed by atoms with Crippen molar-refractivity contribution in [2.75, 3.05) is 12.9 Å². The molecule has 0 spiro atoms. The monoisotopic (exact) mass is 384 g/mol. The average molecular weight is 385 g/mol. The molecule has 2 aromatic rings. The lowest BCUT2D eigenvalue weighted by Gasteiger charge is -2.09. The van der Waals surface area contributed by atoms with E-state index in [9.17, 15) is 14.4 Å². The summed E-state index contributed by atoms with van der Waals surface area (Å²) in [7, 11) is 0. The van der Waals surface area contributed by atoms with Gasteiger partial charge in [0.05, 0.1) is 15.5 Å². The molecule has 0 radical (unpaired) electrons. The molecule has 24 heavy (non-hydrogen) atoms. The second kappa shape index (κ2) is 8.72. The molecule has 0 atom stereocenters. The van der Waals surface area contributed by atoms with Gasteiger partial charge >= 0.3 is 5.97 Å². The van der Waals surface area contributed by atoms with E-state index >= 15 is 0 Å². The zero-order chi connectivity index (χ0) is 17.5. The normalized spacial score (nSPS) is 10.1. The summed E-state index contributed by atoms with van der Waals surface area (Å²) in [6.07, 6.45) is 1.86. The Bertz CT molecular complexity index is 750. The van der Waals surface area contributed by atoms with Crippen molar-refractivity contribution in [2.24, 2.45) is 0 Å². The largest absolute Gasteiger partial charge is 0.452 e. The smallest absolute Gasteiger partial charge is 0.340 e. The third kappa shape index (κ3) is 4.98. The van der Waals surface area contributed by atoms with Crippen molar-refractivity contribution in [3.63, 3.8) is 0 Å². The first-order valence-corrected chi connectivity index (χ1v) is 9.13. The molecule has 126 valence electrons. The molecule has 9 heteroatoms. The number of amides is 2. The third-order valence-corrected chi connectivity index (χ3v) is 4.71. The molecule has 0 saturated carbocycles. The fourth-order valence-corrected chi connectivity index (χ4v) is 2.88. The van der Waals surface area contributed by atoms with E-state index in [1.807, 2.05) is 6.26 Å². The van der Waals surface area contributed by atoms with E-state index in [-0.39, 0.29) is 10.6 Å². The molecule has 2 N–H and O–H groups in total. The van der Waals surface area contributed by atoms with Gasteiger partial charge in [0.25, 0.3) is 11.8 Å². The van der Waals surface area contributed by atoms with E-state index in [0.29, 0.717) is 4.88 Å². The highest BCUT2D eigenvalue weighted by Crippen LogP contribution is 2.23. The van der Waals surface area contributed by atoms with Gasteiger partial charge in [0, 0.05) is 4.90 Å². The van der Waals surface area contributed by atoms with Crippen molar-refractivity contribution in [3.8, 4) is 0 Å². The van der Waals surface area contributed by atoms with Crippen LogP contribution < -0.4 is 10.9 Å². The Morgan fingerprint density at radius 2 is 2.04 bits per heavy atom. The average Bonchev–Trinajstić information content (AvgIpc) is 3.12. The molecule has 1 heterocycles. The highest BCUT2D eigenvalue weighted by molar-refractivity contribution is 7.98. The number of ether oxygens (including phenoxy) is 1. The Balaban J connectivity index is 1.83. The fourth-order valence-electron chi connectivity index (χ4n) is 1.63. The summed E-state index contributed by atoms with van der Waals surface area (Å²) < 4.78 is 4.90. The minimum absolute atomic E-state index is 0.180. The molecule has 0 aliphatic carbocycles. The highest BCUT2D eigenvalue weighted by Gasteiger charge is 2.15. The number of carbonyl (C=O) groups is 3. The molecule has 1 aromatic heterocycles. The second-order valence-corrected chi connectivity index (χ2v) is 6.64. The lowest BCUT2D eigenvalue weighted by Crippen LogP contribution is -2.43. The Morgan fingerprint density at radius 1 is 1.25 bits per heavy atom. The molecular formula is C15H13ClN2O4S2. The van der Waals surface area contributed by atoms with Crippen LogP contribution in [0, 0.1) is 0 Å². The number of benzene rings is 1. The van der Waals surface area contributed by atoms with Crippen LogP contribution in [-0.2, 0) is 9.53 Å². The summed E-state index contributed by atoms with van der Waals surface area (Å²) in [6.45, 7) is -0.538. The predicted molar refractivity (Wildman–Crippen MR) is 93.4 cm³/mol. The summed E-state index contributed by atoms with van der Waals surface area (Å²) in [5.41, 5.74) is 4.58. The molecule has 2 amide bonds. The van der Waals surface area contributed by atoms with Gasteiger partial charge in [-0.25, -0.2) is 4.79 Å². The standard InChI is InChI=1S/C15H13ClN2O4S2/c1-23-9-4-5-11(16)10(7-9)15(21)22-8-13(19)17-18-14(20)12-3-2-6-24-12/h2-7H,8H2,1H3,(H,17,19)(H,18,20). The van der Waals surface area contributed by atoms with E-state index in [0.717, 1.165) is 4.90 Å². The predicted octanol–water partition coefficient (Wildman–Crippen LogP) is 2.74. The molecule has 0 aliphatic rings. The van der Waals surface area contributed by atoms with E-state index in [4.69, 9.17) is 16.3 Å². The number of halogens is 1. The number of thiophene rings is 1. The van der Waals surface area contributed by atoms with Crippen molar-refractivity contribution in [3.05, 3.63) is 51.2 Å². The van der Waals surface area contributed by atoms with Crippen LogP contribution in [0.4, 0.5) is 0 Å². The molecular weight excluding hydrogens is 372 g/mol. The Labute approximate surface area is 151 Å². The lowest BCUT2D eigenvalue weighted by atomic mass is 10.2. The summed E-state index contributed by atoms with van der Waals surface area (Å²) >= 11 is 8.65. The Kier molecular flexibility index (Phi) is 6.65. The molecule has 0 bridgehead atoms. The maximum atomic E-state index is 12.0. The van der Waals surface area contributed by atoms with Crippen molar-refractivity contribution >= 4 is 52.5 Å². The van der Waals surface area contributed by atoms with Gasteiger partial charge in [0.1, 0.15) is 0 Å². The number of hydrogen-bond donors (Lipinski definition) is 2. The van der Waals surface area contributed by atoms with Gasteiger partial charge < -0.3 is 4.74 Å². The molecule has 1 aromatic carbocycles. The van der Waals surface area contributed by atoms with Gasteiger partial charge in [-0.1, -0.05) is 17.7 Å². The van der Waals surface area contributed by atoms with Crippen LogP contribution >= 0.6 is 34.7 Å². The van der Waals surface area contributed by atoms with E-state index < -0.39 is 24.4 Å². The quantitative estimate of drug-likeness (QED) is 0.470. The van der Waals surface area contributed by atoms with E-state index in [1.54, 1.807) is 35.7 Å². The minimum Gasteiger partial charge on any atom is -0.452 e. The van der Waals surface area contributed by atoms with Gasteiger partial charge in [-0.2, -0.15) is 0 Å². The number of carbonyl (C=O) groups excluding carboxylic acids is 3. The Morgan fingerprint density at radius 3 is 2.71 bits per heavy atom. The summed E-state index contributed by atoms with van der Waals surface area (Å²) in [5, 5.41) is 1.98. The number of rotatable bonds is 5. The molecule has 0 aliphatic heterocycles. The highest BCUT2D eigenvalue weighted by atomic mass is 35.5. The topological polar surface area (TPSA) is 84.5 Å².